The lowest BCUT2D eigenvalue weighted by atomic mass is 9.43. The number of esters is 1. The second kappa shape index (κ2) is 9.26. The summed E-state index contributed by atoms with van der Waals surface area (Å²) in [4.78, 5) is 25.3. The maximum Gasteiger partial charge on any atom is 0.308 e. The molecule has 5 heteroatoms. The Morgan fingerprint density at radius 1 is 1.09 bits per heavy atom. The highest BCUT2D eigenvalue weighted by molar-refractivity contribution is 5.83. The number of hydrogen-bond acceptors (Lipinski definition) is 5. The van der Waals surface area contributed by atoms with E-state index in [9.17, 15) is 19.8 Å². The van der Waals surface area contributed by atoms with Gasteiger partial charge in [-0.05, 0) is 80.0 Å². The van der Waals surface area contributed by atoms with E-state index in [1.165, 1.54) is 7.11 Å². The van der Waals surface area contributed by atoms with Gasteiger partial charge in [-0.2, -0.15) is 0 Å². The van der Waals surface area contributed by atoms with Crippen LogP contribution in [0.2, 0.25) is 0 Å². The molecule has 0 amide bonds. The molecule has 5 nitrogen and oxygen atoms in total. The SMILES string of the molecule is COC(=O)[C@H](C)CCC[C@@H](C)[C@H]1CCC2C3C(=O)C[C@@H]4C[C@@H](O)CC[C@]4(C)C3C[C@H](O)[C@@]21C. The van der Waals surface area contributed by atoms with Crippen molar-refractivity contribution in [2.45, 2.75) is 104 Å². The minimum Gasteiger partial charge on any atom is -0.469 e. The maximum absolute atomic E-state index is 13.5. The third kappa shape index (κ3) is 4.09. The van der Waals surface area contributed by atoms with Crippen molar-refractivity contribution in [1.82, 2.24) is 0 Å². The van der Waals surface area contributed by atoms with Crippen molar-refractivity contribution in [2.75, 3.05) is 7.11 Å². The zero-order chi connectivity index (χ0) is 24.1. The van der Waals surface area contributed by atoms with Crippen molar-refractivity contribution in [3.63, 3.8) is 0 Å². The number of rotatable bonds is 6. The van der Waals surface area contributed by atoms with Crippen molar-refractivity contribution in [1.29, 1.82) is 0 Å². The van der Waals surface area contributed by atoms with Crippen LogP contribution in [0, 0.1) is 52.3 Å². The van der Waals surface area contributed by atoms with E-state index < -0.39 is 0 Å². The number of ether oxygens (including phenoxy) is 1. The fraction of sp³-hybridized carbons (Fsp3) is 0.929. The molecule has 0 spiro atoms. The van der Waals surface area contributed by atoms with Crippen LogP contribution in [0.3, 0.4) is 0 Å². The molecule has 4 aliphatic rings. The third-order valence-electron chi connectivity index (χ3n) is 11.2. The Bertz CT molecular complexity index is 751. The number of aliphatic hydroxyl groups is 2. The number of aliphatic hydroxyl groups excluding tert-OH is 2. The number of hydrogen-bond donors (Lipinski definition) is 2. The predicted octanol–water partition coefficient (Wildman–Crippen LogP) is 4.77. The van der Waals surface area contributed by atoms with Gasteiger partial charge in [-0.3, -0.25) is 9.59 Å². The van der Waals surface area contributed by atoms with Gasteiger partial charge in [0.1, 0.15) is 5.78 Å². The zero-order valence-electron chi connectivity index (χ0n) is 21.4. The summed E-state index contributed by atoms with van der Waals surface area (Å²) in [5.41, 5.74) is -0.143. The van der Waals surface area contributed by atoms with Gasteiger partial charge in [0, 0.05) is 17.8 Å². The molecule has 0 saturated heterocycles. The second-order valence-electron chi connectivity index (χ2n) is 12.7. The fourth-order valence-corrected chi connectivity index (χ4v) is 9.11. The molecule has 4 fully saturated rings. The van der Waals surface area contributed by atoms with Gasteiger partial charge in [0.25, 0.3) is 0 Å². The quantitative estimate of drug-likeness (QED) is 0.556. The van der Waals surface area contributed by atoms with Crippen LogP contribution in [0.15, 0.2) is 0 Å². The molecule has 0 radical (unpaired) electrons. The van der Waals surface area contributed by atoms with Crippen molar-refractivity contribution >= 4 is 11.8 Å². The van der Waals surface area contributed by atoms with Crippen LogP contribution in [0.25, 0.3) is 0 Å². The Morgan fingerprint density at radius 2 is 1.82 bits per heavy atom. The molecule has 11 atom stereocenters. The Hall–Kier alpha value is -0.940. The Kier molecular flexibility index (Phi) is 7.06. The van der Waals surface area contributed by atoms with Crippen molar-refractivity contribution in [3.05, 3.63) is 0 Å². The van der Waals surface area contributed by atoms with E-state index in [-0.39, 0.29) is 58.6 Å². The summed E-state index contributed by atoms with van der Waals surface area (Å²) in [7, 11) is 1.45. The van der Waals surface area contributed by atoms with E-state index in [1.807, 2.05) is 6.92 Å². The number of carbonyl (C=O) groups is 2. The van der Waals surface area contributed by atoms with Gasteiger partial charge >= 0.3 is 5.97 Å². The smallest absolute Gasteiger partial charge is 0.308 e. The first kappa shape index (κ1) is 25.2. The lowest BCUT2D eigenvalue weighted by molar-refractivity contribution is -0.182. The summed E-state index contributed by atoms with van der Waals surface area (Å²) < 4.78 is 4.86. The Labute approximate surface area is 200 Å². The molecule has 4 rings (SSSR count). The molecule has 4 saturated carbocycles. The van der Waals surface area contributed by atoms with Crippen molar-refractivity contribution in [2.24, 2.45) is 52.3 Å². The van der Waals surface area contributed by atoms with Gasteiger partial charge in [0.2, 0.25) is 0 Å². The van der Waals surface area contributed by atoms with Crippen LogP contribution >= 0.6 is 0 Å². The van der Waals surface area contributed by atoms with E-state index in [2.05, 4.69) is 20.8 Å². The van der Waals surface area contributed by atoms with Gasteiger partial charge in [-0.1, -0.05) is 40.5 Å². The van der Waals surface area contributed by atoms with Crippen molar-refractivity contribution < 1.29 is 24.5 Å². The van der Waals surface area contributed by atoms with E-state index in [0.717, 1.165) is 57.8 Å². The van der Waals surface area contributed by atoms with E-state index >= 15 is 0 Å². The van der Waals surface area contributed by atoms with Crippen LogP contribution in [0.1, 0.15) is 91.9 Å². The van der Waals surface area contributed by atoms with E-state index in [1.54, 1.807) is 0 Å². The molecule has 2 N–H and O–H groups in total. The molecule has 0 aromatic rings. The normalized spacial score (nSPS) is 46.6. The van der Waals surface area contributed by atoms with E-state index in [4.69, 9.17) is 4.74 Å². The molecule has 33 heavy (non-hydrogen) atoms. The Balaban J connectivity index is 1.49. The van der Waals surface area contributed by atoms with E-state index in [0.29, 0.717) is 24.0 Å². The van der Waals surface area contributed by atoms with Crippen LogP contribution < -0.4 is 0 Å². The summed E-state index contributed by atoms with van der Waals surface area (Å²) in [6.07, 6.45) is 8.23. The highest BCUT2D eigenvalue weighted by Gasteiger charge is 2.65. The molecule has 0 heterocycles. The van der Waals surface area contributed by atoms with Crippen LogP contribution in [-0.4, -0.2) is 41.3 Å². The molecule has 0 aliphatic heterocycles. The first-order chi connectivity index (χ1) is 15.5. The second-order valence-corrected chi connectivity index (χ2v) is 12.7. The van der Waals surface area contributed by atoms with Crippen LogP contribution in [0.4, 0.5) is 0 Å². The molecule has 0 aromatic heterocycles. The fourth-order valence-electron chi connectivity index (χ4n) is 9.11. The highest BCUT2D eigenvalue weighted by Crippen LogP contribution is 2.67. The minimum absolute atomic E-state index is 0.0633. The standard InChI is InChI=1S/C28H46O5/c1-16(7-6-8-17(2)26(32)33-5)20-9-10-21-25-22(15-24(31)28(20,21)4)27(3)12-11-19(29)13-18(27)14-23(25)30/h16-22,24-25,29,31H,6-15H2,1-5H3/t16-,17-,18+,19+,20-,21?,22?,24+,25?,27+,28-/m1/s1. The number of methoxy groups -OCH3 is 1. The first-order valence-corrected chi connectivity index (χ1v) is 13.5. The molecule has 188 valence electrons. The molecule has 4 aliphatic carbocycles. The molecular formula is C28H46O5. The number of ketones is 1. The van der Waals surface area contributed by atoms with Gasteiger partial charge < -0.3 is 14.9 Å². The summed E-state index contributed by atoms with van der Waals surface area (Å²) in [5.74, 6) is 1.93. The first-order valence-electron chi connectivity index (χ1n) is 13.5. The van der Waals surface area contributed by atoms with Gasteiger partial charge in [0.05, 0.1) is 25.2 Å². The zero-order valence-corrected chi connectivity index (χ0v) is 21.4. The lowest BCUT2D eigenvalue weighted by Crippen LogP contribution is -2.61. The van der Waals surface area contributed by atoms with Gasteiger partial charge in [0.15, 0.2) is 0 Å². The molecule has 0 bridgehead atoms. The molecule has 0 aromatic carbocycles. The van der Waals surface area contributed by atoms with Gasteiger partial charge in [-0.25, -0.2) is 0 Å². The minimum atomic E-state index is -0.372. The summed E-state index contributed by atoms with van der Waals surface area (Å²) in [5, 5.41) is 21.9. The van der Waals surface area contributed by atoms with Crippen LogP contribution in [-0.2, 0) is 14.3 Å². The maximum atomic E-state index is 13.5. The molecule has 3 unspecified atom stereocenters. The summed E-state index contributed by atoms with van der Waals surface area (Å²) in [6, 6.07) is 0. The van der Waals surface area contributed by atoms with Gasteiger partial charge in [-0.15, -0.1) is 0 Å². The predicted molar refractivity (Wildman–Crippen MR) is 127 cm³/mol. The topological polar surface area (TPSA) is 83.8 Å². The average molecular weight is 463 g/mol. The average Bonchev–Trinajstić information content (AvgIpc) is 3.13. The van der Waals surface area contributed by atoms with Crippen molar-refractivity contribution in [3.8, 4) is 0 Å². The monoisotopic (exact) mass is 462 g/mol. The number of carbonyl (C=O) groups excluding carboxylic acids is 2. The lowest BCUT2D eigenvalue weighted by Gasteiger charge is -2.61. The number of fused-ring (bicyclic) bond motifs is 5. The summed E-state index contributed by atoms with van der Waals surface area (Å²) in [6.45, 7) is 8.86. The number of Topliss-reactive ketones (excluding diaryl/α,β-unsaturated/α-hetero) is 1. The summed E-state index contributed by atoms with van der Waals surface area (Å²) >= 11 is 0. The molecular weight excluding hydrogens is 416 g/mol. The Morgan fingerprint density at radius 3 is 2.52 bits per heavy atom. The highest BCUT2D eigenvalue weighted by atomic mass is 16.5. The largest absolute Gasteiger partial charge is 0.469 e. The third-order valence-corrected chi connectivity index (χ3v) is 11.2. The van der Waals surface area contributed by atoms with Crippen LogP contribution in [0.5, 0.6) is 0 Å².